The van der Waals surface area contributed by atoms with Crippen LogP contribution < -0.4 is 9.47 Å². The first-order valence-corrected chi connectivity index (χ1v) is 11.4. The lowest BCUT2D eigenvalue weighted by atomic mass is 10.1. The van der Waals surface area contributed by atoms with Crippen LogP contribution in [-0.4, -0.2) is 44.0 Å². The van der Waals surface area contributed by atoms with Gasteiger partial charge in [-0.25, -0.2) is 13.4 Å². The molecule has 0 aliphatic carbocycles. The van der Waals surface area contributed by atoms with E-state index < -0.39 is 10.0 Å². The summed E-state index contributed by atoms with van der Waals surface area (Å²) in [6.07, 6.45) is 1.22. The molecule has 0 unspecified atom stereocenters. The van der Waals surface area contributed by atoms with Gasteiger partial charge in [-0.1, -0.05) is 35.6 Å². The number of nitrogens with zero attached hydrogens (tertiary/aromatic N) is 2. The Labute approximate surface area is 168 Å². The summed E-state index contributed by atoms with van der Waals surface area (Å²) in [5.74, 6) is 0.366. The predicted octanol–water partition coefficient (Wildman–Crippen LogP) is 3.85. The number of hydrogen-bond donors (Lipinski definition) is 0. The molecule has 1 aliphatic heterocycles. The van der Waals surface area contributed by atoms with E-state index in [2.05, 4.69) is 4.98 Å². The molecule has 148 valence electrons. The Hall–Kier alpha value is -2.16. The van der Waals surface area contributed by atoms with Crippen LogP contribution in [-0.2, 0) is 10.0 Å². The number of rotatable bonds is 5. The minimum absolute atomic E-state index is 0.0370. The minimum Gasteiger partial charge on any atom is -0.495 e. The van der Waals surface area contributed by atoms with Crippen molar-refractivity contribution in [2.24, 2.45) is 0 Å². The molecule has 1 aromatic heterocycles. The number of methoxy groups -OCH3 is 1. The molecule has 0 spiro atoms. The zero-order valence-electron chi connectivity index (χ0n) is 15.8. The number of aromatic nitrogens is 1. The van der Waals surface area contributed by atoms with Crippen LogP contribution in [0.5, 0.6) is 10.9 Å². The van der Waals surface area contributed by atoms with Crippen molar-refractivity contribution in [3.8, 4) is 10.9 Å². The van der Waals surface area contributed by atoms with E-state index in [0.29, 0.717) is 36.9 Å². The molecule has 3 aromatic rings. The molecule has 8 heteroatoms. The van der Waals surface area contributed by atoms with Crippen LogP contribution in [0.3, 0.4) is 0 Å². The van der Waals surface area contributed by atoms with Crippen LogP contribution in [0.2, 0.25) is 0 Å². The highest BCUT2D eigenvalue weighted by Gasteiger charge is 2.32. The van der Waals surface area contributed by atoms with Crippen molar-refractivity contribution >= 4 is 31.6 Å². The van der Waals surface area contributed by atoms with Crippen molar-refractivity contribution in [3.05, 3.63) is 48.0 Å². The molecule has 6 nitrogen and oxygen atoms in total. The number of hydrogen-bond acceptors (Lipinski definition) is 6. The lowest BCUT2D eigenvalue weighted by Crippen LogP contribution is -2.41. The van der Waals surface area contributed by atoms with Gasteiger partial charge in [0, 0.05) is 13.1 Å². The van der Waals surface area contributed by atoms with E-state index in [-0.39, 0.29) is 11.0 Å². The largest absolute Gasteiger partial charge is 0.495 e. The summed E-state index contributed by atoms with van der Waals surface area (Å²) in [5, 5.41) is 0.648. The Kier molecular flexibility index (Phi) is 5.27. The van der Waals surface area contributed by atoms with Gasteiger partial charge in [0.25, 0.3) is 5.19 Å². The fraction of sp³-hybridized carbons (Fsp3) is 0.350. The topological polar surface area (TPSA) is 68.7 Å². The van der Waals surface area contributed by atoms with Gasteiger partial charge in [-0.05, 0) is 43.5 Å². The zero-order chi connectivity index (χ0) is 19.7. The lowest BCUT2D eigenvalue weighted by Gasteiger charge is -2.31. The third-order valence-electron chi connectivity index (χ3n) is 4.96. The van der Waals surface area contributed by atoms with Crippen LogP contribution in [0.25, 0.3) is 10.2 Å². The summed E-state index contributed by atoms with van der Waals surface area (Å²) in [7, 11) is -2.11. The molecule has 2 heterocycles. The van der Waals surface area contributed by atoms with Gasteiger partial charge in [0.1, 0.15) is 16.7 Å². The third kappa shape index (κ3) is 3.59. The molecule has 0 amide bonds. The lowest BCUT2D eigenvalue weighted by molar-refractivity contribution is 0.135. The van der Waals surface area contributed by atoms with Gasteiger partial charge in [-0.2, -0.15) is 4.31 Å². The molecule has 0 N–H and O–H groups in total. The molecule has 1 saturated heterocycles. The second-order valence-electron chi connectivity index (χ2n) is 6.77. The van der Waals surface area contributed by atoms with Crippen LogP contribution in [0.1, 0.15) is 18.4 Å². The van der Waals surface area contributed by atoms with Crippen molar-refractivity contribution in [2.75, 3.05) is 20.2 Å². The maximum atomic E-state index is 13.0. The van der Waals surface area contributed by atoms with E-state index in [1.165, 1.54) is 22.8 Å². The normalized spacial score (nSPS) is 16.4. The van der Waals surface area contributed by atoms with Gasteiger partial charge in [-0.3, -0.25) is 0 Å². The average Bonchev–Trinajstić information content (AvgIpc) is 3.12. The number of piperidine rings is 1. The summed E-state index contributed by atoms with van der Waals surface area (Å²) in [6, 6.07) is 12.8. The molecule has 1 fully saturated rings. The maximum absolute atomic E-state index is 13.0. The molecular formula is C20H22N2O4S2. The predicted molar refractivity (Wildman–Crippen MR) is 110 cm³/mol. The Morgan fingerprint density at radius 3 is 2.57 bits per heavy atom. The number of aryl methyl sites for hydroxylation is 1. The van der Waals surface area contributed by atoms with Crippen molar-refractivity contribution in [1.82, 2.24) is 9.29 Å². The number of fused-ring (bicyclic) bond motifs is 1. The highest BCUT2D eigenvalue weighted by molar-refractivity contribution is 7.89. The Morgan fingerprint density at radius 1 is 1.11 bits per heavy atom. The summed E-state index contributed by atoms with van der Waals surface area (Å²) < 4.78 is 39.9. The molecule has 0 saturated carbocycles. The van der Waals surface area contributed by atoms with Gasteiger partial charge in [-0.15, -0.1) is 0 Å². The highest BCUT2D eigenvalue weighted by Crippen LogP contribution is 2.32. The Morgan fingerprint density at radius 2 is 1.86 bits per heavy atom. The van der Waals surface area contributed by atoms with Crippen molar-refractivity contribution in [2.45, 2.75) is 30.8 Å². The van der Waals surface area contributed by atoms with E-state index in [1.807, 2.05) is 25.1 Å². The Bertz CT molecular complexity index is 1090. The van der Waals surface area contributed by atoms with E-state index in [9.17, 15) is 8.42 Å². The number of ether oxygens (including phenoxy) is 2. The van der Waals surface area contributed by atoms with Crippen LogP contribution in [0, 0.1) is 6.92 Å². The minimum atomic E-state index is -3.59. The molecule has 0 bridgehead atoms. The van der Waals surface area contributed by atoms with Gasteiger partial charge in [0.15, 0.2) is 0 Å². The van der Waals surface area contributed by atoms with Gasteiger partial charge < -0.3 is 9.47 Å². The number of thiazole rings is 1. The van der Waals surface area contributed by atoms with E-state index in [0.717, 1.165) is 15.8 Å². The van der Waals surface area contributed by atoms with Gasteiger partial charge in [0.05, 0.1) is 17.3 Å². The van der Waals surface area contributed by atoms with Crippen LogP contribution >= 0.6 is 11.3 Å². The average molecular weight is 419 g/mol. The molecular weight excluding hydrogens is 396 g/mol. The monoisotopic (exact) mass is 418 g/mol. The van der Waals surface area contributed by atoms with E-state index in [4.69, 9.17) is 9.47 Å². The number of benzene rings is 2. The molecule has 4 rings (SSSR count). The fourth-order valence-corrected chi connectivity index (χ4v) is 6.01. The number of para-hydroxylation sites is 2. The first kappa shape index (κ1) is 19.2. The second kappa shape index (κ2) is 7.69. The fourth-order valence-electron chi connectivity index (χ4n) is 3.42. The summed E-state index contributed by atoms with van der Waals surface area (Å²) >= 11 is 1.53. The summed E-state index contributed by atoms with van der Waals surface area (Å²) in [6.45, 7) is 2.86. The standard InChI is InChI=1S/C20H22N2O4S2/c1-14-6-5-8-17-19(14)21-20(27-17)26-15-10-12-22(13-11-15)28(23,24)18-9-4-3-7-16(18)25-2/h3-9,15H,10-13H2,1-2H3. The summed E-state index contributed by atoms with van der Waals surface area (Å²) in [4.78, 5) is 4.80. The molecule has 2 aromatic carbocycles. The summed E-state index contributed by atoms with van der Waals surface area (Å²) in [5.41, 5.74) is 2.10. The maximum Gasteiger partial charge on any atom is 0.274 e. The zero-order valence-corrected chi connectivity index (χ0v) is 17.4. The first-order chi connectivity index (χ1) is 13.5. The highest BCUT2D eigenvalue weighted by atomic mass is 32.2. The van der Waals surface area contributed by atoms with Crippen molar-refractivity contribution in [3.63, 3.8) is 0 Å². The molecule has 1 aliphatic rings. The van der Waals surface area contributed by atoms with E-state index >= 15 is 0 Å². The second-order valence-corrected chi connectivity index (χ2v) is 9.67. The van der Waals surface area contributed by atoms with Gasteiger partial charge in [0.2, 0.25) is 10.0 Å². The quantitative estimate of drug-likeness (QED) is 0.630. The molecule has 28 heavy (non-hydrogen) atoms. The van der Waals surface area contributed by atoms with E-state index in [1.54, 1.807) is 24.3 Å². The van der Waals surface area contributed by atoms with Crippen LogP contribution in [0.15, 0.2) is 47.4 Å². The van der Waals surface area contributed by atoms with Crippen molar-refractivity contribution in [1.29, 1.82) is 0 Å². The smallest absolute Gasteiger partial charge is 0.274 e. The number of sulfonamides is 1. The van der Waals surface area contributed by atoms with Crippen LogP contribution in [0.4, 0.5) is 0 Å². The van der Waals surface area contributed by atoms with Crippen molar-refractivity contribution < 1.29 is 17.9 Å². The third-order valence-corrected chi connectivity index (χ3v) is 7.81. The molecule has 0 radical (unpaired) electrons. The SMILES string of the molecule is COc1ccccc1S(=O)(=O)N1CCC(Oc2nc3c(C)cccc3s2)CC1. The van der Waals surface area contributed by atoms with Gasteiger partial charge >= 0.3 is 0 Å². The Balaban J connectivity index is 1.44. The molecule has 0 atom stereocenters. The first-order valence-electron chi connectivity index (χ1n) is 9.15.